The van der Waals surface area contributed by atoms with Gasteiger partial charge in [-0.25, -0.2) is 0 Å². The number of pyridine rings is 1. The predicted octanol–water partition coefficient (Wildman–Crippen LogP) is 6.14. The average molecular weight is 369 g/mol. The van der Waals surface area contributed by atoms with Crippen molar-refractivity contribution in [3.63, 3.8) is 0 Å². The predicted molar refractivity (Wildman–Crippen MR) is 117 cm³/mol. The van der Waals surface area contributed by atoms with Gasteiger partial charge in [0, 0.05) is 21.9 Å². The number of rotatable bonds is 4. The Hall–Kier alpha value is -2.70. The van der Waals surface area contributed by atoms with Crippen molar-refractivity contribution < 1.29 is 4.42 Å². The fourth-order valence-corrected chi connectivity index (χ4v) is 4.11. The number of fused-ring (bicyclic) bond motifs is 5. The van der Waals surface area contributed by atoms with Gasteiger partial charge in [-0.05, 0) is 54.4 Å². The molecule has 2 nitrogen and oxygen atoms in total. The van der Waals surface area contributed by atoms with E-state index in [0.29, 0.717) is 0 Å². The third-order valence-corrected chi connectivity index (χ3v) is 5.41. The van der Waals surface area contributed by atoms with E-state index in [2.05, 4.69) is 69.9 Å². The normalized spacial score (nSPS) is 11.6. The molecule has 5 aromatic rings. The molecule has 0 aliphatic carbocycles. The molecule has 0 saturated carbocycles. The van der Waals surface area contributed by atoms with Crippen LogP contribution in [0, 0.1) is 0 Å². The van der Waals surface area contributed by atoms with Crippen LogP contribution in [0.5, 0.6) is 0 Å². The molecule has 0 saturated heterocycles. The molecule has 2 heterocycles. The maximum absolute atomic E-state index is 6.23. The number of benzene rings is 3. The zero-order valence-electron chi connectivity index (χ0n) is 15.0. The summed E-state index contributed by atoms with van der Waals surface area (Å²) >= 11 is 0. The van der Waals surface area contributed by atoms with Gasteiger partial charge in [0.15, 0.2) is 0 Å². The van der Waals surface area contributed by atoms with Gasteiger partial charge in [0.1, 0.15) is 11.2 Å². The van der Waals surface area contributed by atoms with E-state index in [-0.39, 0.29) is 0 Å². The van der Waals surface area contributed by atoms with Gasteiger partial charge in [-0.15, -0.1) is 9.24 Å². The van der Waals surface area contributed by atoms with Crippen molar-refractivity contribution in [2.75, 3.05) is 6.16 Å². The van der Waals surface area contributed by atoms with E-state index in [0.717, 1.165) is 51.8 Å². The fourth-order valence-electron chi connectivity index (χ4n) is 3.83. The van der Waals surface area contributed by atoms with Gasteiger partial charge < -0.3 is 4.42 Å². The first-order valence-electron chi connectivity index (χ1n) is 9.30. The third-order valence-electron chi connectivity index (χ3n) is 5.13. The average Bonchev–Trinajstić information content (AvgIpc) is 3.09. The van der Waals surface area contributed by atoms with Gasteiger partial charge in [-0.2, -0.15) is 0 Å². The van der Waals surface area contributed by atoms with Gasteiger partial charge in [0.2, 0.25) is 0 Å². The minimum absolute atomic E-state index is 0.889. The summed E-state index contributed by atoms with van der Waals surface area (Å²) in [6.07, 6.45) is 2.86. The van der Waals surface area contributed by atoms with E-state index < -0.39 is 0 Å². The molecule has 5 rings (SSSR count). The molecule has 2 aromatic heterocycles. The largest absolute Gasteiger partial charge is 0.455 e. The first-order valence-corrected chi connectivity index (χ1v) is 10.1. The van der Waals surface area contributed by atoms with Crippen molar-refractivity contribution in [3.8, 4) is 0 Å². The second kappa shape index (κ2) is 6.79. The Morgan fingerprint density at radius 1 is 0.815 bits per heavy atom. The molecule has 27 heavy (non-hydrogen) atoms. The second-order valence-electron chi connectivity index (χ2n) is 6.90. The quantitative estimate of drug-likeness (QED) is 0.356. The Bertz CT molecular complexity index is 1260. The number of aryl methyl sites for hydroxylation is 1. The van der Waals surface area contributed by atoms with E-state index in [1.165, 1.54) is 16.8 Å². The van der Waals surface area contributed by atoms with Gasteiger partial charge in [-0.1, -0.05) is 48.5 Å². The Balaban J connectivity index is 1.76. The Labute approximate surface area is 160 Å². The summed E-state index contributed by atoms with van der Waals surface area (Å²) in [5.41, 5.74) is 6.64. The minimum atomic E-state index is 0.889. The highest BCUT2D eigenvalue weighted by Crippen LogP contribution is 2.34. The summed E-state index contributed by atoms with van der Waals surface area (Å²) in [5.74, 6) is 0. The van der Waals surface area contributed by atoms with Crippen molar-refractivity contribution in [3.05, 3.63) is 89.6 Å². The van der Waals surface area contributed by atoms with Gasteiger partial charge >= 0.3 is 0 Å². The van der Waals surface area contributed by atoms with Crippen LogP contribution in [-0.4, -0.2) is 11.1 Å². The number of furan rings is 1. The molecule has 1 unspecified atom stereocenters. The van der Waals surface area contributed by atoms with Crippen LogP contribution in [0.3, 0.4) is 0 Å². The summed E-state index contributed by atoms with van der Waals surface area (Å²) in [5, 5.41) is 3.42. The molecule has 0 aliphatic rings. The molecular formula is C24H20NOP. The van der Waals surface area contributed by atoms with Crippen LogP contribution in [0.1, 0.15) is 16.8 Å². The van der Waals surface area contributed by atoms with Crippen LogP contribution in [0.15, 0.2) is 77.2 Å². The Kier molecular flexibility index (Phi) is 4.14. The standard InChI is InChI=1S/C24H20NOP/c27-13-12-21-17(14-16-6-2-1-3-7-16)15-20-22(25-21)11-10-19-18-8-4-5-9-23(18)26-24(19)20/h1-11,15H,12-14,27H2. The van der Waals surface area contributed by atoms with Crippen molar-refractivity contribution in [1.82, 2.24) is 4.98 Å². The molecule has 3 heteroatoms. The molecular weight excluding hydrogens is 349 g/mol. The monoisotopic (exact) mass is 369 g/mol. The van der Waals surface area contributed by atoms with Crippen molar-refractivity contribution in [2.24, 2.45) is 0 Å². The number of nitrogens with zero attached hydrogens (tertiary/aromatic N) is 1. The highest BCUT2D eigenvalue weighted by molar-refractivity contribution is 7.16. The Morgan fingerprint density at radius 3 is 2.48 bits per heavy atom. The summed E-state index contributed by atoms with van der Waals surface area (Å²) in [6, 6.07) is 25.4. The first kappa shape index (κ1) is 16.5. The lowest BCUT2D eigenvalue weighted by atomic mass is 9.99. The molecule has 0 amide bonds. The highest BCUT2D eigenvalue weighted by Gasteiger charge is 2.14. The summed E-state index contributed by atoms with van der Waals surface area (Å²) < 4.78 is 6.23. The van der Waals surface area contributed by atoms with Gasteiger partial charge in [0.25, 0.3) is 0 Å². The minimum Gasteiger partial charge on any atom is -0.455 e. The van der Waals surface area contributed by atoms with Crippen LogP contribution < -0.4 is 0 Å². The molecule has 3 aromatic carbocycles. The van der Waals surface area contributed by atoms with Gasteiger partial charge in [0.05, 0.1) is 5.52 Å². The maximum Gasteiger partial charge on any atom is 0.144 e. The van der Waals surface area contributed by atoms with Crippen molar-refractivity contribution in [2.45, 2.75) is 12.8 Å². The number of aromatic nitrogens is 1. The van der Waals surface area contributed by atoms with E-state index in [9.17, 15) is 0 Å². The molecule has 132 valence electrons. The van der Waals surface area contributed by atoms with Crippen LogP contribution in [0.2, 0.25) is 0 Å². The topological polar surface area (TPSA) is 26.0 Å². The van der Waals surface area contributed by atoms with Crippen molar-refractivity contribution >= 4 is 42.1 Å². The summed E-state index contributed by atoms with van der Waals surface area (Å²) in [4.78, 5) is 5.01. The highest BCUT2D eigenvalue weighted by atomic mass is 31.0. The van der Waals surface area contributed by atoms with Crippen molar-refractivity contribution in [1.29, 1.82) is 0 Å². The molecule has 0 radical (unpaired) electrons. The van der Waals surface area contributed by atoms with Crippen LogP contribution >= 0.6 is 9.24 Å². The smallest absolute Gasteiger partial charge is 0.144 e. The maximum atomic E-state index is 6.23. The van der Waals surface area contributed by atoms with E-state index in [4.69, 9.17) is 9.40 Å². The first-order chi connectivity index (χ1) is 13.3. The zero-order valence-corrected chi connectivity index (χ0v) is 16.1. The molecule has 0 fully saturated rings. The molecule has 1 atom stereocenters. The Morgan fingerprint density at radius 2 is 1.63 bits per heavy atom. The molecule has 0 spiro atoms. The lowest BCUT2D eigenvalue weighted by molar-refractivity contribution is 0.672. The van der Waals surface area contributed by atoms with E-state index in [1.54, 1.807) is 0 Å². The lowest BCUT2D eigenvalue weighted by Gasteiger charge is -2.11. The van der Waals surface area contributed by atoms with E-state index in [1.807, 2.05) is 12.1 Å². The number of para-hydroxylation sites is 1. The molecule has 0 N–H and O–H groups in total. The van der Waals surface area contributed by atoms with E-state index >= 15 is 0 Å². The SMILES string of the molecule is PCCc1nc2ccc3c4ccccc4oc3c2cc1Cc1ccccc1. The van der Waals surface area contributed by atoms with Crippen LogP contribution in [0.25, 0.3) is 32.8 Å². The van der Waals surface area contributed by atoms with Crippen LogP contribution in [0.4, 0.5) is 0 Å². The van der Waals surface area contributed by atoms with Crippen LogP contribution in [-0.2, 0) is 12.8 Å². The zero-order chi connectivity index (χ0) is 18.2. The second-order valence-corrected chi connectivity index (χ2v) is 7.48. The molecule has 0 bridgehead atoms. The number of hydrogen-bond acceptors (Lipinski definition) is 2. The fraction of sp³-hybridized carbons (Fsp3) is 0.125. The number of hydrogen-bond donors (Lipinski definition) is 0. The third kappa shape index (κ3) is 2.91. The molecule has 0 aliphatic heterocycles. The summed E-state index contributed by atoms with van der Waals surface area (Å²) in [7, 11) is 2.82. The lowest BCUT2D eigenvalue weighted by Crippen LogP contribution is -2.01. The van der Waals surface area contributed by atoms with Gasteiger partial charge in [-0.3, -0.25) is 4.98 Å². The summed E-state index contributed by atoms with van der Waals surface area (Å²) in [6.45, 7) is 0.